The summed E-state index contributed by atoms with van der Waals surface area (Å²) in [6.07, 6.45) is 0. The van der Waals surface area contributed by atoms with E-state index in [4.69, 9.17) is 4.74 Å². The summed E-state index contributed by atoms with van der Waals surface area (Å²) in [7, 11) is -3.74. The fourth-order valence-corrected chi connectivity index (χ4v) is 4.85. The number of nitrogens with zero attached hydrogens (tertiary/aromatic N) is 4. The lowest BCUT2D eigenvalue weighted by Gasteiger charge is -2.34. The molecule has 0 spiro atoms. The molecule has 162 valence electrons. The van der Waals surface area contributed by atoms with Crippen molar-refractivity contribution in [2.45, 2.75) is 18.7 Å². The Morgan fingerprint density at radius 3 is 2.32 bits per heavy atom. The number of rotatable bonds is 5. The van der Waals surface area contributed by atoms with Crippen LogP contribution < -0.4 is 9.64 Å². The third-order valence-corrected chi connectivity index (χ3v) is 6.94. The molecule has 4 rings (SSSR count). The largest absolute Gasteiger partial charge is 0.439 e. The van der Waals surface area contributed by atoms with E-state index in [1.807, 2.05) is 36.1 Å². The van der Waals surface area contributed by atoms with Gasteiger partial charge in [0.1, 0.15) is 23.2 Å². The first kappa shape index (κ1) is 21.2. The molecule has 0 amide bonds. The Morgan fingerprint density at radius 1 is 0.935 bits per heavy atom. The van der Waals surface area contributed by atoms with Gasteiger partial charge in [-0.2, -0.15) is 9.29 Å². The highest BCUT2D eigenvalue weighted by molar-refractivity contribution is 7.89. The molecule has 9 heteroatoms. The predicted molar refractivity (Wildman–Crippen MR) is 115 cm³/mol. The number of sulfonamides is 1. The van der Waals surface area contributed by atoms with Gasteiger partial charge in [0.25, 0.3) is 0 Å². The molecule has 0 N–H and O–H groups in total. The average molecular weight is 443 g/mol. The van der Waals surface area contributed by atoms with Crippen molar-refractivity contribution in [3.8, 4) is 11.6 Å². The molecule has 7 nitrogen and oxygen atoms in total. The minimum atomic E-state index is -3.74. The number of aryl methyl sites for hydroxylation is 2. The van der Waals surface area contributed by atoms with E-state index in [-0.39, 0.29) is 18.0 Å². The van der Waals surface area contributed by atoms with Crippen molar-refractivity contribution in [1.29, 1.82) is 0 Å². The van der Waals surface area contributed by atoms with Crippen LogP contribution >= 0.6 is 0 Å². The maximum absolute atomic E-state index is 13.5. The Morgan fingerprint density at radius 2 is 1.65 bits per heavy atom. The van der Waals surface area contributed by atoms with Crippen LogP contribution in [0.15, 0.2) is 59.5 Å². The minimum Gasteiger partial charge on any atom is -0.439 e. The monoisotopic (exact) mass is 442 g/mol. The number of hydrogen-bond acceptors (Lipinski definition) is 6. The third-order valence-electron chi connectivity index (χ3n) is 5.04. The summed E-state index contributed by atoms with van der Waals surface area (Å²) in [4.78, 5) is 10.8. The van der Waals surface area contributed by atoms with Crippen LogP contribution in [-0.4, -0.2) is 48.9 Å². The highest BCUT2D eigenvalue weighted by Crippen LogP contribution is 2.25. The van der Waals surface area contributed by atoms with Gasteiger partial charge in [-0.1, -0.05) is 23.8 Å². The third kappa shape index (κ3) is 4.83. The zero-order valence-electron chi connectivity index (χ0n) is 17.3. The highest BCUT2D eigenvalue weighted by atomic mass is 32.2. The van der Waals surface area contributed by atoms with E-state index in [0.717, 1.165) is 11.6 Å². The lowest BCUT2D eigenvalue weighted by Crippen LogP contribution is -2.49. The SMILES string of the molecule is Cc1ccc(Oc2cc(N3CCN(S(=O)(=O)c4cccc(F)c4)CC3)nc(C)n2)cc1. The van der Waals surface area contributed by atoms with Crippen LogP contribution in [0.1, 0.15) is 11.4 Å². The van der Waals surface area contributed by atoms with E-state index in [1.165, 1.54) is 22.5 Å². The van der Waals surface area contributed by atoms with Crippen LogP contribution in [0.25, 0.3) is 0 Å². The maximum atomic E-state index is 13.5. The van der Waals surface area contributed by atoms with Gasteiger partial charge < -0.3 is 9.64 Å². The highest BCUT2D eigenvalue weighted by Gasteiger charge is 2.29. The zero-order chi connectivity index (χ0) is 22.0. The van der Waals surface area contributed by atoms with E-state index in [1.54, 1.807) is 13.0 Å². The Labute approximate surface area is 181 Å². The molecule has 3 aromatic rings. The molecule has 2 heterocycles. The van der Waals surface area contributed by atoms with Gasteiger partial charge in [-0.05, 0) is 44.2 Å². The van der Waals surface area contributed by atoms with Gasteiger partial charge in [0.05, 0.1) is 4.90 Å². The van der Waals surface area contributed by atoms with Crippen molar-refractivity contribution in [1.82, 2.24) is 14.3 Å². The standard InChI is InChI=1S/C22H23FN4O3S/c1-16-6-8-19(9-7-16)30-22-15-21(24-17(2)25-22)26-10-12-27(13-11-26)31(28,29)20-5-3-4-18(23)14-20/h3-9,14-15H,10-13H2,1-2H3. The summed E-state index contributed by atoms with van der Waals surface area (Å²) in [5.41, 5.74) is 1.14. The Balaban J connectivity index is 1.47. The van der Waals surface area contributed by atoms with Crippen molar-refractivity contribution in [2.75, 3.05) is 31.1 Å². The van der Waals surface area contributed by atoms with E-state index < -0.39 is 15.8 Å². The van der Waals surface area contributed by atoms with E-state index in [9.17, 15) is 12.8 Å². The summed E-state index contributed by atoms with van der Waals surface area (Å²) in [6.45, 7) is 5.25. The lowest BCUT2D eigenvalue weighted by molar-refractivity contribution is 0.382. The molecule has 0 aliphatic carbocycles. The Bertz CT molecular complexity index is 1180. The van der Waals surface area contributed by atoms with Gasteiger partial charge in [0.15, 0.2) is 0 Å². The number of piperazine rings is 1. The van der Waals surface area contributed by atoms with Gasteiger partial charge in [-0.3, -0.25) is 0 Å². The van der Waals surface area contributed by atoms with Gasteiger partial charge in [-0.25, -0.2) is 17.8 Å². The number of halogens is 1. The summed E-state index contributed by atoms with van der Waals surface area (Å²) in [5.74, 6) is 1.78. The second-order valence-electron chi connectivity index (χ2n) is 7.38. The summed E-state index contributed by atoms with van der Waals surface area (Å²) in [5, 5.41) is 0. The number of anilines is 1. The van der Waals surface area contributed by atoms with Gasteiger partial charge >= 0.3 is 0 Å². The minimum absolute atomic E-state index is 0.0346. The Kier molecular flexibility index (Phi) is 5.88. The molecule has 1 saturated heterocycles. The maximum Gasteiger partial charge on any atom is 0.243 e. The number of ether oxygens (including phenoxy) is 1. The van der Waals surface area contributed by atoms with Crippen molar-refractivity contribution < 1.29 is 17.5 Å². The number of aromatic nitrogens is 2. The molecule has 1 aliphatic heterocycles. The van der Waals surface area contributed by atoms with Crippen LogP contribution in [-0.2, 0) is 10.0 Å². The van der Waals surface area contributed by atoms with Crippen LogP contribution in [0.5, 0.6) is 11.6 Å². The summed E-state index contributed by atoms with van der Waals surface area (Å²) < 4.78 is 46.4. The van der Waals surface area contributed by atoms with Crippen LogP contribution in [0, 0.1) is 19.7 Å². The van der Waals surface area contributed by atoms with Crippen LogP contribution in [0.4, 0.5) is 10.2 Å². The van der Waals surface area contributed by atoms with Crippen LogP contribution in [0.3, 0.4) is 0 Å². The lowest BCUT2D eigenvalue weighted by atomic mass is 10.2. The molecule has 0 bridgehead atoms. The van der Waals surface area contributed by atoms with Crippen molar-refractivity contribution in [3.05, 3.63) is 71.8 Å². The second-order valence-corrected chi connectivity index (χ2v) is 9.31. The van der Waals surface area contributed by atoms with E-state index in [0.29, 0.717) is 36.4 Å². The number of benzene rings is 2. The molecule has 0 unspecified atom stereocenters. The quantitative estimate of drug-likeness (QED) is 0.602. The smallest absolute Gasteiger partial charge is 0.243 e. The molecule has 31 heavy (non-hydrogen) atoms. The molecule has 2 aromatic carbocycles. The van der Waals surface area contributed by atoms with E-state index >= 15 is 0 Å². The molecule has 1 aliphatic rings. The topological polar surface area (TPSA) is 75.6 Å². The van der Waals surface area contributed by atoms with Crippen molar-refractivity contribution in [2.24, 2.45) is 0 Å². The summed E-state index contributed by atoms with van der Waals surface area (Å²) in [6, 6.07) is 14.5. The molecular formula is C22H23FN4O3S. The van der Waals surface area contributed by atoms with Gasteiger partial charge in [-0.15, -0.1) is 0 Å². The first-order chi connectivity index (χ1) is 14.8. The van der Waals surface area contributed by atoms with Gasteiger partial charge in [0.2, 0.25) is 15.9 Å². The fourth-order valence-electron chi connectivity index (χ4n) is 3.40. The molecule has 0 radical (unpaired) electrons. The van der Waals surface area contributed by atoms with Crippen molar-refractivity contribution >= 4 is 15.8 Å². The van der Waals surface area contributed by atoms with E-state index in [2.05, 4.69) is 9.97 Å². The zero-order valence-corrected chi connectivity index (χ0v) is 18.1. The fraction of sp³-hybridized carbons (Fsp3) is 0.273. The molecule has 1 aromatic heterocycles. The number of hydrogen-bond donors (Lipinski definition) is 0. The second kappa shape index (κ2) is 8.60. The Hall–Kier alpha value is -3.04. The molecule has 1 fully saturated rings. The first-order valence-electron chi connectivity index (χ1n) is 9.92. The molecule has 0 atom stereocenters. The molecule has 0 saturated carbocycles. The normalized spacial score (nSPS) is 15.1. The van der Waals surface area contributed by atoms with Crippen molar-refractivity contribution in [3.63, 3.8) is 0 Å². The van der Waals surface area contributed by atoms with Crippen LogP contribution in [0.2, 0.25) is 0 Å². The first-order valence-corrected chi connectivity index (χ1v) is 11.4. The predicted octanol–water partition coefficient (Wildman–Crippen LogP) is 3.54. The van der Waals surface area contributed by atoms with Gasteiger partial charge in [0, 0.05) is 32.2 Å². The summed E-state index contributed by atoms with van der Waals surface area (Å²) >= 11 is 0. The molecular weight excluding hydrogens is 419 g/mol. The average Bonchev–Trinajstić information content (AvgIpc) is 2.75.